The highest BCUT2D eigenvalue weighted by molar-refractivity contribution is 7.22. The van der Waals surface area contributed by atoms with Crippen LogP contribution in [0.3, 0.4) is 0 Å². The Bertz CT molecular complexity index is 1130. The number of thiazole rings is 1. The molecule has 3 aromatic rings. The molecule has 4 rings (SSSR count). The van der Waals surface area contributed by atoms with E-state index < -0.39 is 4.92 Å². The number of nitro benzene ring substituents is 1. The molecule has 7 nitrogen and oxygen atoms in total. The Morgan fingerprint density at radius 2 is 1.83 bits per heavy atom. The summed E-state index contributed by atoms with van der Waals surface area (Å²) in [6.07, 6.45) is 3.22. The van der Waals surface area contributed by atoms with Crippen molar-refractivity contribution in [1.29, 1.82) is 0 Å². The van der Waals surface area contributed by atoms with E-state index in [1.807, 2.05) is 4.90 Å². The molecular formula is C22H22N4O3S. The van der Waals surface area contributed by atoms with Crippen LogP contribution in [0.25, 0.3) is 16.3 Å². The van der Waals surface area contributed by atoms with Crippen molar-refractivity contribution in [2.24, 2.45) is 0 Å². The van der Waals surface area contributed by atoms with E-state index in [1.165, 1.54) is 34.0 Å². The number of hydrogen-bond donors (Lipinski definition) is 0. The molecule has 0 aliphatic carbocycles. The topological polar surface area (TPSA) is 79.6 Å². The molecule has 2 aromatic carbocycles. The molecule has 1 aromatic heterocycles. The number of nitrogens with zero attached hydrogens (tertiary/aromatic N) is 4. The lowest BCUT2D eigenvalue weighted by Gasteiger charge is -2.34. The van der Waals surface area contributed by atoms with Gasteiger partial charge in [-0.3, -0.25) is 14.9 Å². The number of hydrogen-bond acceptors (Lipinski definition) is 6. The molecule has 8 heteroatoms. The number of nitro groups is 1. The van der Waals surface area contributed by atoms with Crippen LogP contribution in [0, 0.1) is 24.0 Å². The Kier molecular flexibility index (Phi) is 5.50. The van der Waals surface area contributed by atoms with E-state index in [0.717, 1.165) is 29.3 Å². The van der Waals surface area contributed by atoms with Crippen LogP contribution < -0.4 is 4.90 Å². The van der Waals surface area contributed by atoms with Crippen LogP contribution in [0.5, 0.6) is 0 Å². The van der Waals surface area contributed by atoms with Gasteiger partial charge in [0.25, 0.3) is 5.69 Å². The number of rotatable bonds is 4. The fraction of sp³-hybridized carbons (Fsp3) is 0.273. The maximum Gasteiger partial charge on any atom is 0.269 e. The second-order valence-electron chi connectivity index (χ2n) is 7.42. The van der Waals surface area contributed by atoms with Crippen LogP contribution in [-0.2, 0) is 4.79 Å². The highest BCUT2D eigenvalue weighted by Gasteiger charge is 2.22. The van der Waals surface area contributed by atoms with Gasteiger partial charge in [-0.1, -0.05) is 17.4 Å². The lowest BCUT2D eigenvalue weighted by Crippen LogP contribution is -2.48. The van der Waals surface area contributed by atoms with E-state index in [1.54, 1.807) is 29.5 Å². The normalized spacial score (nSPS) is 14.6. The van der Waals surface area contributed by atoms with Crippen LogP contribution in [0.1, 0.15) is 16.7 Å². The summed E-state index contributed by atoms with van der Waals surface area (Å²) < 4.78 is 1.20. The molecule has 1 aliphatic heterocycles. The molecule has 0 atom stereocenters. The molecule has 0 bridgehead atoms. The SMILES string of the molecule is Cc1cc(C)c2nc(N3CCN(C(=O)/C=C\c4ccc([N+](=O)[O-])cc4)CC3)sc2c1. The molecule has 0 radical (unpaired) electrons. The van der Waals surface area contributed by atoms with Gasteiger partial charge in [-0.25, -0.2) is 4.98 Å². The smallest absolute Gasteiger partial charge is 0.269 e. The van der Waals surface area contributed by atoms with E-state index in [9.17, 15) is 14.9 Å². The quantitative estimate of drug-likeness (QED) is 0.358. The zero-order valence-electron chi connectivity index (χ0n) is 16.9. The maximum atomic E-state index is 12.5. The third-order valence-electron chi connectivity index (χ3n) is 5.20. The van der Waals surface area contributed by atoms with Crippen molar-refractivity contribution in [3.8, 4) is 0 Å². The Morgan fingerprint density at radius 3 is 2.50 bits per heavy atom. The zero-order chi connectivity index (χ0) is 21.3. The Balaban J connectivity index is 1.37. The van der Waals surface area contributed by atoms with Gasteiger partial charge in [0, 0.05) is 44.4 Å². The Labute approximate surface area is 178 Å². The van der Waals surface area contributed by atoms with Crippen LogP contribution in [-0.4, -0.2) is 46.9 Å². The number of non-ortho nitro benzene ring substituents is 1. The van der Waals surface area contributed by atoms with Crippen molar-refractivity contribution >= 4 is 44.4 Å². The molecular weight excluding hydrogens is 400 g/mol. The molecule has 0 spiro atoms. The number of piperazine rings is 1. The second-order valence-corrected chi connectivity index (χ2v) is 8.43. The van der Waals surface area contributed by atoms with Crippen LogP contribution in [0.2, 0.25) is 0 Å². The van der Waals surface area contributed by atoms with E-state index >= 15 is 0 Å². The molecule has 2 heterocycles. The van der Waals surface area contributed by atoms with Gasteiger partial charge in [0.1, 0.15) is 0 Å². The average molecular weight is 423 g/mol. The highest BCUT2D eigenvalue weighted by Crippen LogP contribution is 2.32. The predicted octanol–water partition coefficient (Wildman–Crippen LogP) is 4.18. The molecule has 30 heavy (non-hydrogen) atoms. The van der Waals surface area contributed by atoms with Crippen LogP contribution in [0.4, 0.5) is 10.8 Å². The summed E-state index contributed by atoms with van der Waals surface area (Å²) in [5.74, 6) is -0.0521. The first-order chi connectivity index (χ1) is 14.4. The molecule has 0 unspecified atom stereocenters. The van der Waals surface area contributed by atoms with E-state index in [-0.39, 0.29) is 11.6 Å². The van der Waals surface area contributed by atoms with Crippen molar-refractivity contribution < 1.29 is 9.72 Å². The number of anilines is 1. The standard InChI is InChI=1S/C22H22N4O3S/c1-15-13-16(2)21-19(14-15)30-22(23-21)25-11-9-24(10-12-25)20(27)8-5-17-3-6-18(7-4-17)26(28)29/h3-8,13-14H,9-12H2,1-2H3/b8-5-. The number of carbonyl (C=O) groups excluding carboxylic acids is 1. The zero-order valence-corrected chi connectivity index (χ0v) is 17.7. The van der Waals surface area contributed by atoms with Gasteiger partial charge in [-0.05, 0) is 54.8 Å². The van der Waals surface area contributed by atoms with Crippen molar-refractivity contribution in [1.82, 2.24) is 9.88 Å². The number of carbonyl (C=O) groups is 1. The second kappa shape index (κ2) is 8.23. The number of amides is 1. The minimum Gasteiger partial charge on any atom is -0.345 e. The highest BCUT2D eigenvalue weighted by atomic mass is 32.1. The Hall–Kier alpha value is -3.26. The largest absolute Gasteiger partial charge is 0.345 e. The van der Waals surface area contributed by atoms with Gasteiger partial charge < -0.3 is 9.80 Å². The first kappa shape index (κ1) is 20.0. The third-order valence-corrected chi connectivity index (χ3v) is 6.27. The first-order valence-electron chi connectivity index (χ1n) is 9.75. The van der Waals surface area contributed by atoms with E-state index in [4.69, 9.17) is 4.98 Å². The summed E-state index contributed by atoms with van der Waals surface area (Å²) in [4.78, 5) is 31.7. The van der Waals surface area contributed by atoms with Gasteiger partial charge >= 0.3 is 0 Å². The minimum atomic E-state index is -0.438. The van der Waals surface area contributed by atoms with Crippen molar-refractivity contribution in [2.45, 2.75) is 13.8 Å². The number of benzene rings is 2. The predicted molar refractivity (Wildman–Crippen MR) is 120 cm³/mol. The number of fused-ring (bicyclic) bond motifs is 1. The summed E-state index contributed by atoms with van der Waals surface area (Å²) in [6, 6.07) is 10.5. The summed E-state index contributed by atoms with van der Waals surface area (Å²) >= 11 is 1.70. The van der Waals surface area contributed by atoms with Gasteiger partial charge in [0.15, 0.2) is 5.13 Å². The molecule has 154 valence electrons. The lowest BCUT2D eigenvalue weighted by atomic mass is 10.1. The number of aryl methyl sites for hydroxylation is 2. The molecule has 1 fully saturated rings. The van der Waals surface area contributed by atoms with E-state index in [2.05, 4.69) is 30.9 Å². The van der Waals surface area contributed by atoms with Gasteiger partial charge in [0.05, 0.1) is 15.1 Å². The number of aromatic nitrogens is 1. The molecule has 1 amide bonds. The monoisotopic (exact) mass is 422 g/mol. The third kappa shape index (κ3) is 4.18. The summed E-state index contributed by atoms with van der Waals surface area (Å²) in [6.45, 7) is 6.95. The van der Waals surface area contributed by atoms with Gasteiger partial charge in [-0.15, -0.1) is 0 Å². The van der Waals surface area contributed by atoms with E-state index in [0.29, 0.717) is 13.1 Å². The first-order valence-corrected chi connectivity index (χ1v) is 10.6. The van der Waals surface area contributed by atoms with Gasteiger partial charge in [0.2, 0.25) is 5.91 Å². The van der Waals surface area contributed by atoms with Crippen molar-refractivity contribution in [2.75, 3.05) is 31.1 Å². The lowest BCUT2D eigenvalue weighted by molar-refractivity contribution is -0.384. The molecule has 0 N–H and O–H groups in total. The summed E-state index contributed by atoms with van der Waals surface area (Å²) in [5.41, 5.74) is 4.29. The van der Waals surface area contributed by atoms with Crippen molar-refractivity contribution in [3.63, 3.8) is 0 Å². The van der Waals surface area contributed by atoms with Gasteiger partial charge in [-0.2, -0.15) is 0 Å². The fourth-order valence-corrected chi connectivity index (χ4v) is 4.79. The fourth-order valence-electron chi connectivity index (χ4n) is 3.59. The minimum absolute atomic E-state index is 0.0369. The molecule has 1 saturated heterocycles. The molecule has 1 aliphatic rings. The summed E-state index contributed by atoms with van der Waals surface area (Å²) in [5, 5.41) is 11.7. The van der Waals surface area contributed by atoms with Crippen LogP contribution >= 0.6 is 11.3 Å². The van der Waals surface area contributed by atoms with Crippen LogP contribution in [0.15, 0.2) is 42.5 Å². The average Bonchev–Trinajstić information content (AvgIpc) is 3.17. The maximum absolute atomic E-state index is 12.5. The molecule has 0 saturated carbocycles. The van der Waals surface area contributed by atoms with Crippen molar-refractivity contribution in [3.05, 3.63) is 69.3 Å². The summed E-state index contributed by atoms with van der Waals surface area (Å²) in [7, 11) is 0. The Morgan fingerprint density at radius 1 is 1.13 bits per heavy atom.